The van der Waals surface area contributed by atoms with Crippen molar-refractivity contribution in [2.45, 2.75) is 64.8 Å². The summed E-state index contributed by atoms with van der Waals surface area (Å²) >= 11 is 1.30. The van der Waals surface area contributed by atoms with E-state index in [4.69, 9.17) is 15.7 Å². The van der Waals surface area contributed by atoms with Crippen molar-refractivity contribution in [2.24, 2.45) is 11.1 Å². The number of anilines is 1. The van der Waals surface area contributed by atoms with Gasteiger partial charge < -0.3 is 10.8 Å². The number of nitrogens with one attached hydrogen (secondary N) is 1. The number of carboxylic acid groups (broad SMARTS) is 1. The summed E-state index contributed by atoms with van der Waals surface area (Å²) in [6.07, 6.45) is 2.54. The van der Waals surface area contributed by atoms with Gasteiger partial charge in [0.1, 0.15) is 0 Å². The van der Waals surface area contributed by atoms with Gasteiger partial charge in [0.25, 0.3) is 0 Å². The van der Waals surface area contributed by atoms with Gasteiger partial charge in [-0.25, -0.2) is 14.8 Å². The first-order valence-corrected chi connectivity index (χ1v) is 12.3. The Morgan fingerprint density at radius 3 is 2.41 bits per heavy atom. The minimum atomic E-state index is -0.954. The topological polar surface area (TPSA) is 101 Å². The molecule has 6 nitrogen and oxygen atoms in total. The summed E-state index contributed by atoms with van der Waals surface area (Å²) in [4.78, 5) is 21.6. The van der Waals surface area contributed by atoms with Crippen molar-refractivity contribution >= 4 is 23.9 Å². The molecule has 1 atom stereocenters. The van der Waals surface area contributed by atoms with E-state index in [-0.39, 0.29) is 17.0 Å². The number of aryl methyl sites for hydroxylation is 3. The first kappa shape index (κ1) is 25.7. The average Bonchev–Trinajstić information content (AvgIpc) is 2.75. The van der Waals surface area contributed by atoms with E-state index >= 15 is 0 Å². The van der Waals surface area contributed by atoms with Crippen molar-refractivity contribution in [1.82, 2.24) is 9.97 Å². The third-order valence-corrected chi connectivity index (χ3v) is 6.28. The SMILES string of the molecule is Cc1cccc(C)c1-c1cc(CCC(N)CC(C)(C)C)nc(NSc2cccc(C(=O)O)c2)n1. The maximum atomic E-state index is 11.3. The second-order valence-electron chi connectivity index (χ2n) is 9.94. The normalized spacial score (nSPS) is 12.4. The molecule has 0 aliphatic carbocycles. The maximum Gasteiger partial charge on any atom is 0.335 e. The molecular formula is C27H34N4O2S. The first-order chi connectivity index (χ1) is 16.0. The Bertz CT molecular complexity index is 1140. The monoisotopic (exact) mass is 478 g/mol. The Hall–Kier alpha value is -2.90. The Balaban J connectivity index is 1.88. The number of nitrogens with zero attached hydrogens (tertiary/aromatic N) is 2. The Kier molecular flexibility index (Phi) is 8.33. The highest BCUT2D eigenvalue weighted by molar-refractivity contribution is 8.00. The van der Waals surface area contributed by atoms with E-state index in [1.165, 1.54) is 11.9 Å². The fourth-order valence-electron chi connectivity index (χ4n) is 4.04. The number of rotatable bonds is 9. The molecule has 3 aromatic rings. The number of hydrogen-bond donors (Lipinski definition) is 3. The summed E-state index contributed by atoms with van der Waals surface area (Å²) in [5.41, 5.74) is 12.0. The van der Waals surface area contributed by atoms with Crippen LogP contribution < -0.4 is 10.5 Å². The number of carbonyl (C=O) groups is 1. The zero-order chi connectivity index (χ0) is 24.9. The van der Waals surface area contributed by atoms with Gasteiger partial charge in [0.2, 0.25) is 5.95 Å². The number of nitrogens with two attached hydrogens (primary N) is 1. The minimum Gasteiger partial charge on any atom is -0.478 e. The number of carboxylic acids is 1. The Morgan fingerprint density at radius 1 is 1.09 bits per heavy atom. The van der Waals surface area contributed by atoms with Crippen LogP contribution in [0.1, 0.15) is 60.8 Å². The Morgan fingerprint density at radius 2 is 1.76 bits per heavy atom. The first-order valence-electron chi connectivity index (χ1n) is 11.5. The maximum absolute atomic E-state index is 11.3. The number of aromatic nitrogens is 2. The van der Waals surface area contributed by atoms with Gasteiger partial charge in [-0.1, -0.05) is 45.0 Å². The lowest BCUT2D eigenvalue weighted by Gasteiger charge is -2.23. The number of aromatic carboxylic acids is 1. The van der Waals surface area contributed by atoms with Crippen LogP contribution in [0.5, 0.6) is 0 Å². The van der Waals surface area contributed by atoms with Crippen molar-refractivity contribution in [3.8, 4) is 11.3 Å². The highest BCUT2D eigenvalue weighted by Gasteiger charge is 2.17. The molecule has 0 amide bonds. The van der Waals surface area contributed by atoms with Gasteiger partial charge in [-0.15, -0.1) is 0 Å². The molecule has 180 valence electrons. The summed E-state index contributed by atoms with van der Waals surface area (Å²) in [6, 6.07) is 15.2. The summed E-state index contributed by atoms with van der Waals surface area (Å²) < 4.78 is 3.21. The van der Waals surface area contributed by atoms with Crippen molar-refractivity contribution in [2.75, 3.05) is 4.72 Å². The quantitative estimate of drug-likeness (QED) is 0.311. The van der Waals surface area contributed by atoms with Gasteiger partial charge >= 0.3 is 5.97 Å². The molecule has 0 saturated carbocycles. The largest absolute Gasteiger partial charge is 0.478 e. The van der Waals surface area contributed by atoms with E-state index in [1.54, 1.807) is 18.2 Å². The lowest BCUT2D eigenvalue weighted by atomic mass is 9.87. The van der Waals surface area contributed by atoms with Crippen LogP contribution in [0.4, 0.5) is 5.95 Å². The molecule has 34 heavy (non-hydrogen) atoms. The molecule has 3 rings (SSSR count). The molecule has 0 radical (unpaired) electrons. The second kappa shape index (κ2) is 11.0. The molecule has 1 aromatic heterocycles. The average molecular weight is 479 g/mol. The fraction of sp³-hybridized carbons (Fsp3) is 0.370. The van der Waals surface area contributed by atoms with Crippen LogP contribution in [0.3, 0.4) is 0 Å². The lowest BCUT2D eigenvalue weighted by Crippen LogP contribution is -2.27. The molecule has 1 heterocycles. The van der Waals surface area contributed by atoms with Gasteiger partial charge in [0.15, 0.2) is 0 Å². The van der Waals surface area contributed by atoms with Gasteiger partial charge in [0, 0.05) is 22.2 Å². The van der Waals surface area contributed by atoms with Crippen LogP contribution in [0.2, 0.25) is 0 Å². The van der Waals surface area contributed by atoms with Gasteiger partial charge in [-0.05, 0) is 85.9 Å². The molecule has 1 unspecified atom stereocenters. The molecule has 0 saturated heterocycles. The summed E-state index contributed by atoms with van der Waals surface area (Å²) in [5, 5.41) is 9.26. The highest BCUT2D eigenvalue weighted by atomic mass is 32.2. The van der Waals surface area contributed by atoms with Gasteiger partial charge in [-0.2, -0.15) is 0 Å². The van der Waals surface area contributed by atoms with Crippen LogP contribution in [-0.2, 0) is 6.42 Å². The van der Waals surface area contributed by atoms with E-state index in [0.717, 1.165) is 52.2 Å². The van der Waals surface area contributed by atoms with E-state index in [2.05, 4.69) is 57.5 Å². The number of benzene rings is 2. The van der Waals surface area contributed by atoms with Crippen LogP contribution in [0.25, 0.3) is 11.3 Å². The van der Waals surface area contributed by atoms with E-state index in [9.17, 15) is 9.90 Å². The van der Waals surface area contributed by atoms with Gasteiger partial charge in [0.05, 0.1) is 11.3 Å². The molecule has 2 aromatic carbocycles. The van der Waals surface area contributed by atoms with Crippen molar-refractivity contribution in [3.05, 3.63) is 70.9 Å². The number of hydrogen-bond acceptors (Lipinski definition) is 6. The summed E-state index contributed by atoms with van der Waals surface area (Å²) in [6.45, 7) is 10.8. The molecule has 7 heteroatoms. The van der Waals surface area contributed by atoms with Crippen molar-refractivity contribution < 1.29 is 9.90 Å². The predicted molar refractivity (Wildman–Crippen MR) is 140 cm³/mol. The molecule has 0 spiro atoms. The lowest BCUT2D eigenvalue weighted by molar-refractivity contribution is 0.0696. The zero-order valence-electron chi connectivity index (χ0n) is 20.6. The smallest absolute Gasteiger partial charge is 0.335 e. The minimum absolute atomic E-state index is 0.100. The molecule has 0 fully saturated rings. The summed E-state index contributed by atoms with van der Waals surface area (Å²) in [7, 11) is 0. The van der Waals surface area contributed by atoms with Crippen molar-refractivity contribution in [3.63, 3.8) is 0 Å². The van der Waals surface area contributed by atoms with Crippen molar-refractivity contribution in [1.29, 1.82) is 0 Å². The molecule has 0 aliphatic rings. The van der Waals surface area contributed by atoms with Gasteiger partial charge in [-0.3, -0.25) is 4.72 Å². The molecular weight excluding hydrogens is 444 g/mol. The molecule has 0 bridgehead atoms. The molecule has 0 aliphatic heterocycles. The second-order valence-corrected chi connectivity index (χ2v) is 10.8. The highest BCUT2D eigenvalue weighted by Crippen LogP contribution is 2.29. The fourth-order valence-corrected chi connectivity index (χ4v) is 4.67. The predicted octanol–water partition coefficient (Wildman–Crippen LogP) is 6.27. The molecule has 4 N–H and O–H groups in total. The third-order valence-electron chi connectivity index (χ3n) is 5.50. The zero-order valence-corrected chi connectivity index (χ0v) is 21.4. The van der Waals surface area contributed by atoms with Crippen LogP contribution in [-0.4, -0.2) is 27.1 Å². The van der Waals surface area contributed by atoms with E-state index < -0.39 is 5.97 Å². The van der Waals surface area contributed by atoms with E-state index in [0.29, 0.717) is 5.95 Å². The van der Waals surface area contributed by atoms with Crippen LogP contribution in [0.15, 0.2) is 53.4 Å². The Labute approximate surface area is 206 Å². The standard InChI is InChI=1S/C27H34N4O2S/c1-17-8-6-9-18(2)24(17)23-15-21(13-12-20(28)16-27(3,4)5)29-26(30-23)31-34-22-11-7-10-19(14-22)25(32)33/h6-11,14-15,20H,12-13,16,28H2,1-5H3,(H,32,33)(H,29,30,31). The summed E-state index contributed by atoms with van der Waals surface area (Å²) in [5.74, 6) is -0.463. The van der Waals surface area contributed by atoms with Crippen LogP contribution in [0, 0.1) is 19.3 Å². The van der Waals surface area contributed by atoms with Crippen LogP contribution >= 0.6 is 11.9 Å². The van der Waals surface area contributed by atoms with E-state index in [1.807, 2.05) is 12.1 Å². The third kappa shape index (κ3) is 7.30.